The highest BCUT2D eigenvalue weighted by Crippen LogP contribution is 2.41. The van der Waals surface area contributed by atoms with Crippen molar-refractivity contribution in [2.75, 3.05) is 33.3 Å². The Morgan fingerprint density at radius 2 is 1.89 bits per heavy atom. The van der Waals surface area contributed by atoms with Gasteiger partial charge in [0, 0.05) is 44.0 Å². The van der Waals surface area contributed by atoms with Crippen molar-refractivity contribution < 1.29 is 23.8 Å². The van der Waals surface area contributed by atoms with E-state index in [0.717, 1.165) is 74.1 Å². The number of carbonyl (C=O) groups is 2. The first-order valence-electron chi connectivity index (χ1n) is 13.9. The highest BCUT2D eigenvalue weighted by molar-refractivity contribution is 5.95. The van der Waals surface area contributed by atoms with Gasteiger partial charge in [-0.2, -0.15) is 0 Å². The van der Waals surface area contributed by atoms with Gasteiger partial charge in [-0.1, -0.05) is 33.6 Å². The van der Waals surface area contributed by atoms with Gasteiger partial charge in [0.2, 0.25) is 0 Å². The van der Waals surface area contributed by atoms with E-state index in [2.05, 4.69) is 35.0 Å². The number of amides is 1. The lowest BCUT2D eigenvalue weighted by atomic mass is 9.72. The molecule has 3 rings (SSSR count). The first-order valence-corrected chi connectivity index (χ1v) is 13.9. The number of aliphatic carboxylic acids is 1. The molecule has 0 spiro atoms. The van der Waals surface area contributed by atoms with Gasteiger partial charge in [-0.05, 0) is 74.1 Å². The number of hydrogen-bond acceptors (Lipinski definition) is 5. The number of halogens is 1. The molecule has 1 aromatic rings. The van der Waals surface area contributed by atoms with Crippen LogP contribution in [0, 0.1) is 5.82 Å². The van der Waals surface area contributed by atoms with Gasteiger partial charge in [0.05, 0.1) is 0 Å². The van der Waals surface area contributed by atoms with Crippen LogP contribution in [0.4, 0.5) is 4.39 Å². The van der Waals surface area contributed by atoms with Gasteiger partial charge in [-0.3, -0.25) is 4.79 Å². The minimum atomic E-state index is -1.09. The first-order chi connectivity index (χ1) is 18.1. The normalized spacial score (nSPS) is 18.0. The Morgan fingerprint density at radius 1 is 1.18 bits per heavy atom. The summed E-state index contributed by atoms with van der Waals surface area (Å²) in [4.78, 5) is 28.5. The third-order valence-corrected chi connectivity index (χ3v) is 7.91. The number of carboxylic acid groups (broad SMARTS) is 1. The van der Waals surface area contributed by atoms with E-state index >= 15 is 4.39 Å². The molecule has 0 radical (unpaired) electrons. The standard InChI is InChI=1S/C30H44FN3O4/c1-6-8-12-26(32-29(37)24-11-9-15-33(5)21(24)3)34-16-13-30(4,14-17-34)28-22(10-7-2)18-23(19-25(28)31)38-20-27(35)36/h12,18-19H,6-11,13-17,20H2,1-5H3,(H,32,37)(H,35,36)/b26-12-. The van der Waals surface area contributed by atoms with Crippen LogP contribution in [0.5, 0.6) is 5.75 Å². The molecular formula is C30H44FN3O4. The lowest BCUT2D eigenvalue weighted by Crippen LogP contribution is -2.45. The van der Waals surface area contributed by atoms with Crippen molar-refractivity contribution >= 4 is 11.9 Å². The van der Waals surface area contributed by atoms with Crippen LogP contribution in [0.3, 0.4) is 0 Å². The Bertz CT molecular complexity index is 1070. The second-order valence-corrected chi connectivity index (χ2v) is 10.8. The van der Waals surface area contributed by atoms with Crippen molar-refractivity contribution in [3.05, 3.63) is 52.2 Å². The highest BCUT2D eigenvalue weighted by atomic mass is 19.1. The lowest BCUT2D eigenvalue weighted by molar-refractivity contribution is -0.139. The molecule has 1 saturated heterocycles. The summed E-state index contributed by atoms with van der Waals surface area (Å²) in [5.41, 5.74) is 3.09. The number of likely N-dealkylation sites (tertiary alicyclic amines) is 1. The molecule has 1 aromatic carbocycles. The number of hydrogen-bond donors (Lipinski definition) is 2. The van der Waals surface area contributed by atoms with Crippen LogP contribution in [0.1, 0.15) is 83.8 Å². The molecule has 2 aliphatic heterocycles. The molecule has 1 fully saturated rings. The molecule has 0 aromatic heterocycles. The van der Waals surface area contributed by atoms with Crippen LogP contribution in [0.15, 0.2) is 35.3 Å². The Hall–Kier alpha value is -3.03. The van der Waals surface area contributed by atoms with E-state index in [9.17, 15) is 9.59 Å². The molecule has 2 N–H and O–H groups in total. The van der Waals surface area contributed by atoms with Gasteiger partial charge in [-0.25, -0.2) is 9.18 Å². The largest absolute Gasteiger partial charge is 0.482 e. The number of rotatable bonds is 11. The van der Waals surface area contributed by atoms with Gasteiger partial charge in [-0.15, -0.1) is 0 Å². The van der Waals surface area contributed by atoms with E-state index in [1.807, 2.05) is 20.9 Å². The zero-order valence-electron chi connectivity index (χ0n) is 23.7. The van der Waals surface area contributed by atoms with Crippen molar-refractivity contribution in [3.8, 4) is 5.75 Å². The van der Waals surface area contributed by atoms with E-state index in [4.69, 9.17) is 9.84 Å². The molecule has 8 heteroatoms. The molecule has 2 aliphatic rings. The zero-order valence-corrected chi connectivity index (χ0v) is 23.7. The number of piperidine rings is 1. The molecule has 0 aliphatic carbocycles. The third-order valence-electron chi connectivity index (χ3n) is 7.91. The molecular weight excluding hydrogens is 485 g/mol. The summed E-state index contributed by atoms with van der Waals surface area (Å²) in [5.74, 6) is -0.362. The van der Waals surface area contributed by atoms with Gasteiger partial charge in [0.25, 0.3) is 5.91 Å². The molecule has 38 heavy (non-hydrogen) atoms. The van der Waals surface area contributed by atoms with E-state index in [1.165, 1.54) is 6.07 Å². The first kappa shape index (κ1) is 29.5. The molecule has 1 amide bonds. The second kappa shape index (κ2) is 13.2. The SMILES string of the molecule is CCC/C=C(/NC(=O)C1=C(C)N(C)CCC1)N1CCC(C)(c2c(F)cc(OCC(=O)O)cc2CCC)CC1. The van der Waals surface area contributed by atoms with E-state index in [-0.39, 0.29) is 22.9 Å². The van der Waals surface area contributed by atoms with Crippen LogP contribution in [-0.2, 0) is 21.4 Å². The zero-order chi connectivity index (χ0) is 27.9. The Morgan fingerprint density at radius 3 is 2.53 bits per heavy atom. The monoisotopic (exact) mass is 529 g/mol. The summed E-state index contributed by atoms with van der Waals surface area (Å²) < 4.78 is 20.8. The van der Waals surface area contributed by atoms with Crippen molar-refractivity contribution in [1.82, 2.24) is 15.1 Å². The summed E-state index contributed by atoms with van der Waals surface area (Å²) in [7, 11) is 2.03. The minimum Gasteiger partial charge on any atom is -0.482 e. The van der Waals surface area contributed by atoms with Crippen LogP contribution >= 0.6 is 0 Å². The fourth-order valence-electron chi connectivity index (χ4n) is 5.58. The predicted octanol–water partition coefficient (Wildman–Crippen LogP) is 5.35. The van der Waals surface area contributed by atoms with Crippen molar-refractivity contribution in [1.29, 1.82) is 0 Å². The summed E-state index contributed by atoms with van der Waals surface area (Å²) in [6.07, 6.45) is 8.73. The van der Waals surface area contributed by atoms with Crippen LogP contribution in [0.2, 0.25) is 0 Å². The topological polar surface area (TPSA) is 82.1 Å². The number of benzene rings is 1. The van der Waals surface area contributed by atoms with Crippen molar-refractivity contribution in [2.24, 2.45) is 0 Å². The number of aryl methyl sites for hydroxylation is 1. The summed E-state index contributed by atoms with van der Waals surface area (Å²) in [5, 5.41) is 12.1. The quantitative estimate of drug-likeness (QED) is 0.402. The number of nitrogens with one attached hydrogen (secondary N) is 1. The molecule has 0 saturated carbocycles. The summed E-state index contributed by atoms with van der Waals surface area (Å²) >= 11 is 0. The van der Waals surface area contributed by atoms with Crippen LogP contribution in [-0.4, -0.2) is 60.1 Å². The highest BCUT2D eigenvalue weighted by Gasteiger charge is 2.37. The maximum absolute atomic E-state index is 15.5. The summed E-state index contributed by atoms with van der Waals surface area (Å²) in [6, 6.07) is 3.12. The fourth-order valence-corrected chi connectivity index (χ4v) is 5.58. The number of unbranched alkanes of at least 4 members (excludes halogenated alkanes) is 1. The third kappa shape index (κ3) is 7.08. The number of allylic oxidation sites excluding steroid dienone is 2. The molecule has 0 atom stereocenters. The minimum absolute atomic E-state index is 0.0297. The van der Waals surface area contributed by atoms with E-state index in [0.29, 0.717) is 25.1 Å². The average molecular weight is 530 g/mol. The van der Waals surface area contributed by atoms with Gasteiger partial charge < -0.3 is 25.0 Å². The molecule has 210 valence electrons. The maximum Gasteiger partial charge on any atom is 0.341 e. The molecule has 2 heterocycles. The number of ether oxygens (including phenoxy) is 1. The van der Waals surface area contributed by atoms with Crippen molar-refractivity contribution in [3.63, 3.8) is 0 Å². The van der Waals surface area contributed by atoms with E-state index in [1.54, 1.807) is 6.07 Å². The van der Waals surface area contributed by atoms with Crippen molar-refractivity contribution in [2.45, 2.75) is 84.5 Å². The predicted molar refractivity (Wildman–Crippen MR) is 147 cm³/mol. The molecule has 0 unspecified atom stereocenters. The fraction of sp³-hybridized carbons (Fsp3) is 0.600. The Kier molecular flexibility index (Phi) is 10.2. The number of nitrogens with zero attached hydrogens (tertiary/aromatic N) is 2. The lowest BCUT2D eigenvalue weighted by Gasteiger charge is -2.42. The van der Waals surface area contributed by atoms with E-state index < -0.39 is 12.6 Å². The van der Waals surface area contributed by atoms with Gasteiger partial charge in [0.1, 0.15) is 17.4 Å². The van der Waals surface area contributed by atoms with Crippen LogP contribution < -0.4 is 10.1 Å². The summed E-state index contributed by atoms with van der Waals surface area (Å²) in [6.45, 7) is 10.2. The number of carboxylic acids is 1. The smallest absolute Gasteiger partial charge is 0.341 e. The van der Waals surface area contributed by atoms with Crippen LogP contribution in [0.25, 0.3) is 0 Å². The second-order valence-electron chi connectivity index (χ2n) is 10.8. The Labute approximate surface area is 226 Å². The van der Waals surface area contributed by atoms with Gasteiger partial charge in [0.15, 0.2) is 6.61 Å². The average Bonchev–Trinajstić information content (AvgIpc) is 2.87. The number of carbonyl (C=O) groups excluding carboxylic acids is 1. The molecule has 7 nitrogen and oxygen atoms in total. The maximum atomic E-state index is 15.5. The Balaban J connectivity index is 1.79. The molecule has 0 bridgehead atoms. The van der Waals surface area contributed by atoms with Gasteiger partial charge >= 0.3 is 5.97 Å².